The van der Waals surface area contributed by atoms with Gasteiger partial charge in [0.2, 0.25) is 0 Å². The second-order valence-electron chi connectivity index (χ2n) is 5.38. The van der Waals surface area contributed by atoms with Gasteiger partial charge in [0.25, 0.3) is 0 Å². The molecule has 2 N–H and O–H groups in total. The predicted molar refractivity (Wildman–Crippen MR) is 77.0 cm³/mol. The summed E-state index contributed by atoms with van der Waals surface area (Å²) in [5, 5.41) is 11.6. The minimum absolute atomic E-state index is 0.166. The molecule has 0 saturated heterocycles. The van der Waals surface area contributed by atoms with E-state index >= 15 is 0 Å². The van der Waals surface area contributed by atoms with Crippen molar-refractivity contribution in [1.29, 1.82) is 0 Å². The first kappa shape index (κ1) is 14.4. The number of fused-ring (bicyclic) bond motifs is 1. The van der Waals surface area contributed by atoms with Crippen LogP contribution in [0.1, 0.15) is 31.4 Å². The summed E-state index contributed by atoms with van der Waals surface area (Å²) in [4.78, 5) is 24.2. The van der Waals surface area contributed by atoms with E-state index in [0.717, 1.165) is 24.9 Å². The van der Waals surface area contributed by atoms with Gasteiger partial charge in [-0.15, -0.1) is 0 Å². The molecule has 2 rings (SSSR count). The molecule has 0 unspecified atom stereocenters. The smallest absolute Gasteiger partial charge is 0.323 e. The van der Waals surface area contributed by atoms with Crippen molar-refractivity contribution in [2.75, 3.05) is 11.9 Å². The van der Waals surface area contributed by atoms with Gasteiger partial charge in [-0.2, -0.15) is 0 Å². The molecule has 0 saturated carbocycles. The van der Waals surface area contributed by atoms with Crippen LogP contribution in [0.2, 0.25) is 0 Å². The van der Waals surface area contributed by atoms with Crippen LogP contribution in [0.25, 0.3) is 0 Å². The molecule has 5 heteroatoms. The number of aliphatic carboxylic acids is 1. The van der Waals surface area contributed by atoms with Gasteiger partial charge < -0.3 is 15.3 Å². The summed E-state index contributed by atoms with van der Waals surface area (Å²) in [5.41, 5.74) is 3.35. The predicted octanol–water partition coefficient (Wildman–Crippen LogP) is 2.50. The second-order valence-corrected chi connectivity index (χ2v) is 5.38. The Labute approximate surface area is 118 Å². The van der Waals surface area contributed by atoms with E-state index in [1.807, 2.05) is 18.2 Å². The van der Waals surface area contributed by atoms with Gasteiger partial charge >= 0.3 is 12.0 Å². The maximum atomic E-state index is 12.1. The molecule has 0 heterocycles. The van der Waals surface area contributed by atoms with E-state index < -0.39 is 5.97 Å². The summed E-state index contributed by atoms with van der Waals surface area (Å²) in [7, 11) is 0. The third-order valence-electron chi connectivity index (χ3n) is 3.54. The van der Waals surface area contributed by atoms with Gasteiger partial charge in [-0.3, -0.25) is 4.79 Å². The van der Waals surface area contributed by atoms with Crippen molar-refractivity contribution in [3.05, 3.63) is 29.3 Å². The van der Waals surface area contributed by atoms with Gasteiger partial charge in [0.05, 0.1) is 0 Å². The van der Waals surface area contributed by atoms with Gasteiger partial charge in [-0.05, 0) is 56.4 Å². The fourth-order valence-corrected chi connectivity index (χ4v) is 2.48. The molecule has 0 fully saturated rings. The lowest BCUT2D eigenvalue weighted by Gasteiger charge is -2.25. The number of hydrogen-bond acceptors (Lipinski definition) is 2. The average Bonchev–Trinajstić information content (AvgIpc) is 2.82. The van der Waals surface area contributed by atoms with Crippen molar-refractivity contribution < 1.29 is 14.7 Å². The maximum absolute atomic E-state index is 12.1. The van der Waals surface area contributed by atoms with E-state index in [4.69, 9.17) is 5.11 Å². The molecule has 0 atom stereocenters. The fourth-order valence-electron chi connectivity index (χ4n) is 2.48. The first-order valence-corrected chi connectivity index (χ1v) is 6.88. The summed E-state index contributed by atoms with van der Waals surface area (Å²) in [6, 6.07) is 5.36. The standard InChI is InChI=1S/C15H20N2O3/c1-10(2)17(9-14(18)19)15(20)16-13-7-6-11-4-3-5-12(11)8-13/h6-8,10H,3-5,9H2,1-2H3,(H,16,20)(H,18,19). The van der Waals surface area contributed by atoms with Crippen LogP contribution in [0.15, 0.2) is 18.2 Å². The van der Waals surface area contributed by atoms with Crippen LogP contribution in [0.3, 0.4) is 0 Å². The first-order chi connectivity index (χ1) is 9.47. The summed E-state index contributed by atoms with van der Waals surface area (Å²) >= 11 is 0. The topological polar surface area (TPSA) is 69.6 Å². The number of carbonyl (C=O) groups is 2. The molecule has 0 bridgehead atoms. The lowest BCUT2D eigenvalue weighted by atomic mass is 10.1. The van der Waals surface area contributed by atoms with Gasteiger partial charge in [0.1, 0.15) is 6.54 Å². The van der Waals surface area contributed by atoms with Crippen molar-refractivity contribution in [2.24, 2.45) is 0 Å². The molecule has 108 valence electrons. The first-order valence-electron chi connectivity index (χ1n) is 6.88. The molecule has 1 aromatic carbocycles. The second kappa shape index (κ2) is 5.94. The lowest BCUT2D eigenvalue weighted by Crippen LogP contribution is -2.43. The average molecular weight is 276 g/mol. The van der Waals surface area contributed by atoms with Gasteiger partial charge in [-0.1, -0.05) is 6.07 Å². The Kier molecular flexibility index (Phi) is 4.27. The van der Waals surface area contributed by atoms with Crippen LogP contribution < -0.4 is 5.32 Å². The molecular weight excluding hydrogens is 256 g/mol. The third-order valence-corrected chi connectivity index (χ3v) is 3.54. The number of nitrogens with zero attached hydrogens (tertiary/aromatic N) is 1. The molecular formula is C15H20N2O3. The van der Waals surface area contributed by atoms with Crippen molar-refractivity contribution in [2.45, 2.75) is 39.2 Å². The van der Waals surface area contributed by atoms with E-state index in [0.29, 0.717) is 0 Å². The van der Waals surface area contributed by atoms with Crippen LogP contribution in [-0.4, -0.2) is 34.6 Å². The van der Waals surface area contributed by atoms with Gasteiger partial charge in [0, 0.05) is 11.7 Å². The van der Waals surface area contributed by atoms with Crippen LogP contribution in [0.5, 0.6) is 0 Å². The van der Waals surface area contributed by atoms with Gasteiger partial charge in [-0.25, -0.2) is 4.79 Å². The quantitative estimate of drug-likeness (QED) is 0.887. The molecule has 20 heavy (non-hydrogen) atoms. The minimum Gasteiger partial charge on any atom is -0.480 e. The molecule has 0 radical (unpaired) electrons. The van der Waals surface area contributed by atoms with Crippen LogP contribution in [0.4, 0.5) is 10.5 Å². The lowest BCUT2D eigenvalue weighted by molar-refractivity contribution is -0.137. The molecule has 5 nitrogen and oxygen atoms in total. The fraction of sp³-hybridized carbons (Fsp3) is 0.467. The van der Waals surface area contributed by atoms with Crippen molar-refractivity contribution in [3.63, 3.8) is 0 Å². The van der Waals surface area contributed by atoms with E-state index in [-0.39, 0.29) is 18.6 Å². The zero-order chi connectivity index (χ0) is 14.7. The Balaban J connectivity index is 2.07. The summed E-state index contributed by atoms with van der Waals surface area (Å²) in [6.45, 7) is 3.30. The third kappa shape index (κ3) is 3.29. The number of carboxylic acids is 1. The number of hydrogen-bond donors (Lipinski definition) is 2. The summed E-state index contributed by atoms with van der Waals surface area (Å²) in [6.07, 6.45) is 3.30. The van der Waals surface area contributed by atoms with Crippen LogP contribution >= 0.6 is 0 Å². The van der Waals surface area contributed by atoms with Crippen molar-refractivity contribution >= 4 is 17.7 Å². The largest absolute Gasteiger partial charge is 0.480 e. The normalized spacial score (nSPS) is 13.2. The zero-order valence-corrected chi connectivity index (χ0v) is 11.8. The summed E-state index contributed by atoms with van der Waals surface area (Å²) < 4.78 is 0. The monoisotopic (exact) mass is 276 g/mol. The van der Waals surface area contributed by atoms with E-state index in [9.17, 15) is 9.59 Å². The molecule has 1 aromatic rings. The van der Waals surface area contributed by atoms with E-state index in [1.165, 1.54) is 16.0 Å². The number of amides is 2. The molecule has 1 aliphatic carbocycles. The summed E-state index contributed by atoms with van der Waals surface area (Å²) in [5.74, 6) is -1.01. The number of aryl methyl sites for hydroxylation is 2. The number of rotatable bonds is 4. The number of carboxylic acid groups (broad SMARTS) is 1. The number of anilines is 1. The molecule has 0 aromatic heterocycles. The Bertz CT molecular complexity index is 526. The van der Waals surface area contributed by atoms with Crippen LogP contribution in [-0.2, 0) is 17.6 Å². The van der Waals surface area contributed by atoms with Crippen LogP contribution in [0, 0.1) is 0 Å². The Morgan fingerprint density at radius 2 is 2.00 bits per heavy atom. The highest BCUT2D eigenvalue weighted by Crippen LogP contribution is 2.25. The number of benzene rings is 1. The maximum Gasteiger partial charge on any atom is 0.323 e. The Morgan fingerprint density at radius 1 is 1.30 bits per heavy atom. The van der Waals surface area contributed by atoms with Crippen molar-refractivity contribution in [1.82, 2.24) is 4.90 Å². The molecule has 2 amide bonds. The van der Waals surface area contributed by atoms with Crippen molar-refractivity contribution in [3.8, 4) is 0 Å². The highest BCUT2D eigenvalue weighted by atomic mass is 16.4. The highest BCUT2D eigenvalue weighted by Gasteiger charge is 2.20. The number of nitrogens with one attached hydrogen (secondary N) is 1. The molecule has 0 spiro atoms. The highest BCUT2D eigenvalue weighted by molar-refractivity contribution is 5.91. The Morgan fingerprint density at radius 3 is 2.65 bits per heavy atom. The molecule has 0 aliphatic heterocycles. The minimum atomic E-state index is -1.01. The van der Waals surface area contributed by atoms with Gasteiger partial charge in [0.15, 0.2) is 0 Å². The zero-order valence-electron chi connectivity index (χ0n) is 11.8. The van der Waals surface area contributed by atoms with E-state index in [2.05, 4.69) is 5.32 Å². The Hall–Kier alpha value is -2.04. The molecule has 1 aliphatic rings. The van der Waals surface area contributed by atoms with E-state index in [1.54, 1.807) is 13.8 Å². The number of urea groups is 1. The number of carbonyl (C=O) groups excluding carboxylic acids is 1. The SMILES string of the molecule is CC(C)N(CC(=O)O)C(=O)Nc1ccc2c(c1)CCC2.